The van der Waals surface area contributed by atoms with Crippen LogP contribution in [0.25, 0.3) is 0 Å². The molecule has 1 saturated heterocycles. The molecule has 1 aliphatic rings. The van der Waals surface area contributed by atoms with Crippen LogP contribution in [0, 0.1) is 13.8 Å². The standard InChI is InChI=1S/C15H26N4O2.2ClH/c1-11(16)4-5-15(20)19-8-6-18(7-9-19)10-14-17-12(2)13(3)21-14;;/h11H,4-10,16H2,1-3H3;2*1H. The zero-order valence-electron chi connectivity index (χ0n) is 14.1. The van der Waals surface area contributed by atoms with E-state index in [0.717, 1.165) is 56.5 Å². The number of nitrogens with zero attached hydrogens (tertiary/aromatic N) is 3. The Bertz CT molecular complexity index is 466. The minimum absolute atomic E-state index is 0. The van der Waals surface area contributed by atoms with E-state index in [4.69, 9.17) is 10.2 Å². The minimum atomic E-state index is 0. The van der Waals surface area contributed by atoms with Crippen molar-refractivity contribution in [1.82, 2.24) is 14.8 Å². The topological polar surface area (TPSA) is 75.6 Å². The fourth-order valence-electron chi connectivity index (χ4n) is 2.46. The van der Waals surface area contributed by atoms with E-state index in [9.17, 15) is 4.79 Å². The second kappa shape index (κ2) is 10.1. The third kappa shape index (κ3) is 6.67. The van der Waals surface area contributed by atoms with Crippen LogP contribution in [0.4, 0.5) is 0 Å². The Morgan fingerprint density at radius 3 is 2.35 bits per heavy atom. The summed E-state index contributed by atoms with van der Waals surface area (Å²) in [4.78, 5) is 20.7. The maximum atomic E-state index is 12.0. The highest BCUT2D eigenvalue weighted by Gasteiger charge is 2.22. The third-order valence-corrected chi connectivity index (χ3v) is 3.97. The number of hydrogen-bond acceptors (Lipinski definition) is 5. The lowest BCUT2D eigenvalue weighted by atomic mass is 10.1. The summed E-state index contributed by atoms with van der Waals surface area (Å²) in [5.74, 6) is 1.87. The molecule has 0 spiro atoms. The lowest BCUT2D eigenvalue weighted by Gasteiger charge is -2.34. The average molecular weight is 367 g/mol. The molecular formula is C15H28Cl2N4O2. The van der Waals surface area contributed by atoms with Gasteiger partial charge in [0.2, 0.25) is 11.8 Å². The number of hydrogen-bond donors (Lipinski definition) is 1. The molecule has 0 saturated carbocycles. The van der Waals surface area contributed by atoms with E-state index in [2.05, 4.69) is 9.88 Å². The molecule has 1 atom stereocenters. The number of rotatable bonds is 5. The number of amides is 1. The van der Waals surface area contributed by atoms with Crippen molar-refractivity contribution in [2.75, 3.05) is 26.2 Å². The molecule has 0 aliphatic carbocycles. The van der Waals surface area contributed by atoms with E-state index >= 15 is 0 Å². The molecule has 1 amide bonds. The highest BCUT2D eigenvalue weighted by Crippen LogP contribution is 2.13. The average Bonchev–Trinajstić information content (AvgIpc) is 2.75. The number of aromatic nitrogens is 1. The molecule has 1 fully saturated rings. The number of oxazole rings is 1. The van der Waals surface area contributed by atoms with E-state index in [1.165, 1.54) is 0 Å². The monoisotopic (exact) mass is 366 g/mol. The normalized spacial score (nSPS) is 16.4. The summed E-state index contributed by atoms with van der Waals surface area (Å²) in [6, 6.07) is 0.0896. The predicted octanol–water partition coefficient (Wildman–Crippen LogP) is 1.91. The summed E-state index contributed by atoms with van der Waals surface area (Å²) in [6.45, 7) is 9.82. The Kier molecular flexibility index (Phi) is 9.77. The molecule has 23 heavy (non-hydrogen) atoms. The van der Waals surface area contributed by atoms with Gasteiger partial charge in [0.05, 0.1) is 12.2 Å². The molecule has 0 radical (unpaired) electrons. The van der Waals surface area contributed by atoms with Gasteiger partial charge in [0.15, 0.2) is 0 Å². The van der Waals surface area contributed by atoms with Crippen LogP contribution in [-0.4, -0.2) is 52.9 Å². The van der Waals surface area contributed by atoms with Gasteiger partial charge in [-0.2, -0.15) is 0 Å². The van der Waals surface area contributed by atoms with Crippen molar-refractivity contribution in [3.05, 3.63) is 17.3 Å². The molecule has 6 nitrogen and oxygen atoms in total. The maximum absolute atomic E-state index is 12.0. The third-order valence-electron chi connectivity index (χ3n) is 3.97. The zero-order valence-corrected chi connectivity index (χ0v) is 15.7. The molecular weight excluding hydrogens is 339 g/mol. The number of nitrogens with two attached hydrogens (primary N) is 1. The highest BCUT2D eigenvalue weighted by molar-refractivity contribution is 5.85. The molecule has 1 aromatic rings. The van der Waals surface area contributed by atoms with Gasteiger partial charge in [0, 0.05) is 38.6 Å². The van der Waals surface area contributed by atoms with Crippen LogP contribution in [-0.2, 0) is 11.3 Å². The van der Waals surface area contributed by atoms with Crippen LogP contribution in [0.5, 0.6) is 0 Å². The van der Waals surface area contributed by atoms with Crippen molar-refractivity contribution in [1.29, 1.82) is 0 Å². The van der Waals surface area contributed by atoms with Crippen LogP contribution in [0.15, 0.2) is 4.42 Å². The Hall–Kier alpha value is -0.820. The number of carbonyl (C=O) groups is 1. The summed E-state index contributed by atoms with van der Waals surface area (Å²) in [5.41, 5.74) is 6.65. The van der Waals surface area contributed by atoms with Gasteiger partial charge in [-0.25, -0.2) is 4.98 Å². The number of piperazine rings is 1. The second-order valence-corrected chi connectivity index (χ2v) is 5.92. The molecule has 0 aromatic carbocycles. The summed E-state index contributed by atoms with van der Waals surface area (Å²) >= 11 is 0. The van der Waals surface area contributed by atoms with E-state index < -0.39 is 0 Å². The molecule has 1 unspecified atom stereocenters. The largest absolute Gasteiger partial charge is 0.444 e. The van der Waals surface area contributed by atoms with Gasteiger partial charge in [-0.1, -0.05) is 0 Å². The predicted molar refractivity (Wildman–Crippen MR) is 95.2 cm³/mol. The van der Waals surface area contributed by atoms with Gasteiger partial charge in [-0.3, -0.25) is 9.69 Å². The molecule has 2 heterocycles. The zero-order chi connectivity index (χ0) is 15.4. The van der Waals surface area contributed by atoms with E-state index in [0.29, 0.717) is 6.42 Å². The van der Waals surface area contributed by atoms with Crippen LogP contribution >= 0.6 is 24.8 Å². The van der Waals surface area contributed by atoms with Crippen molar-refractivity contribution >= 4 is 30.7 Å². The van der Waals surface area contributed by atoms with Gasteiger partial charge in [0.25, 0.3) is 0 Å². The molecule has 1 aliphatic heterocycles. The maximum Gasteiger partial charge on any atom is 0.222 e. The lowest BCUT2D eigenvalue weighted by molar-refractivity contribution is -0.133. The van der Waals surface area contributed by atoms with Crippen molar-refractivity contribution in [2.45, 2.75) is 46.2 Å². The van der Waals surface area contributed by atoms with E-state index in [1.807, 2.05) is 25.7 Å². The first kappa shape index (κ1) is 22.2. The summed E-state index contributed by atoms with van der Waals surface area (Å²) in [5, 5.41) is 0. The van der Waals surface area contributed by atoms with Crippen LogP contribution in [0.3, 0.4) is 0 Å². The van der Waals surface area contributed by atoms with Crippen LogP contribution < -0.4 is 5.73 Å². The van der Waals surface area contributed by atoms with Crippen LogP contribution in [0.1, 0.15) is 37.1 Å². The Labute approximate surface area is 150 Å². The Morgan fingerprint density at radius 1 is 1.26 bits per heavy atom. The molecule has 0 bridgehead atoms. The van der Waals surface area contributed by atoms with Gasteiger partial charge in [-0.05, 0) is 27.2 Å². The fourth-order valence-corrected chi connectivity index (χ4v) is 2.46. The Morgan fingerprint density at radius 2 is 1.87 bits per heavy atom. The van der Waals surface area contributed by atoms with E-state index in [1.54, 1.807) is 0 Å². The lowest BCUT2D eigenvalue weighted by Crippen LogP contribution is -2.48. The molecule has 134 valence electrons. The first-order valence-corrected chi connectivity index (χ1v) is 7.64. The first-order valence-electron chi connectivity index (χ1n) is 7.64. The molecule has 2 N–H and O–H groups in total. The minimum Gasteiger partial charge on any atom is -0.444 e. The van der Waals surface area contributed by atoms with Crippen LogP contribution in [0.2, 0.25) is 0 Å². The fraction of sp³-hybridized carbons (Fsp3) is 0.733. The number of halogens is 2. The van der Waals surface area contributed by atoms with Crippen molar-refractivity contribution < 1.29 is 9.21 Å². The van der Waals surface area contributed by atoms with Gasteiger partial charge in [-0.15, -0.1) is 24.8 Å². The van der Waals surface area contributed by atoms with Gasteiger partial charge < -0.3 is 15.1 Å². The van der Waals surface area contributed by atoms with Crippen molar-refractivity contribution in [3.63, 3.8) is 0 Å². The van der Waals surface area contributed by atoms with Crippen molar-refractivity contribution in [2.24, 2.45) is 5.73 Å². The van der Waals surface area contributed by atoms with Gasteiger partial charge in [0.1, 0.15) is 5.76 Å². The first-order chi connectivity index (χ1) is 9.95. The highest BCUT2D eigenvalue weighted by atomic mass is 35.5. The number of carbonyl (C=O) groups excluding carboxylic acids is 1. The molecule has 1 aromatic heterocycles. The summed E-state index contributed by atoms with van der Waals surface area (Å²) in [6.07, 6.45) is 1.31. The Balaban J connectivity index is 0.00000242. The quantitative estimate of drug-likeness (QED) is 0.860. The molecule has 2 rings (SSSR count). The van der Waals surface area contributed by atoms with Crippen molar-refractivity contribution in [3.8, 4) is 0 Å². The van der Waals surface area contributed by atoms with E-state index in [-0.39, 0.29) is 36.8 Å². The summed E-state index contributed by atoms with van der Waals surface area (Å²) in [7, 11) is 0. The SMILES string of the molecule is Cc1nc(CN2CCN(C(=O)CCC(C)N)CC2)oc1C.Cl.Cl. The van der Waals surface area contributed by atoms with Gasteiger partial charge >= 0.3 is 0 Å². The smallest absolute Gasteiger partial charge is 0.222 e. The summed E-state index contributed by atoms with van der Waals surface area (Å²) < 4.78 is 5.61. The number of aryl methyl sites for hydroxylation is 2. The second-order valence-electron chi connectivity index (χ2n) is 5.92. The molecule has 8 heteroatoms.